The first-order valence-electron chi connectivity index (χ1n) is 9.30. The van der Waals surface area contributed by atoms with Crippen molar-refractivity contribution >= 4 is 17.3 Å². The lowest BCUT2D eigenvalue weighted by molar-refractivity contribution is 0.150. The lowest BCUT2D eigenvalue weighted by atomic mass is 10.0. The van der Waals surface area contributed by atoms with E-state index in [4.69, 9.17) is 0 Å². The summed E-state index contributed by atoms with van der Waals surface area (Å²) >= 11 is 1.76. The molecule has 2 heterocycles. The highest BCUT2D eigenvalue weighted by Gasteiger charge is 2.27. The normalized spacial score (nSPS) is 21.4. The van der Waals surface area contributed by atoms with Gasteiger partial charge in [0.15, 0.2) is 5.96 Å². The van der Waals surface area contributed by atoms with Gasteiger partial charge in [-0.2, -0.15) is 0 Å². The minimum Gasteiger partial charge on any atom is -0.354 e. The average molecular weight is 350 g/mol. The van der Waals surface area contributed by atoms with E-state index < -0.39 is 0 Å². The van der Waals surface area contributed by atoms with Crippen LogP contribution in [0.1, 0.15) is 54.1 Å². The Hall–Kier alpha value is -1.14. The van der Waals surface area contributed by atoms with E-state index in [1.165, 1.54) is 56.5 Å². The van der Waals surface area contributed by atoms with E-state index in [1.807, 2.05) is 7.05 Å². The van der Waals surface area contributed by atoms with Crippen LogP contribution in [0.3, 0.4) is 0 Å². The molecule has 24 heavy (non-hydrogen) atoms. The van der Waals surface area contributed by atoms with Gasteiger partial charge in [-0.1, -0.05) is 12.8 Å². The number of nitrogens with zero attached hydrogens (tertiary/aromatic N) is 3. The topological polar surface area (TPSA) is 52.6 Å². The van der Waals surface area contributed by atoms with E-state index in [-0.39, 0.29) is 0 Å². The third-order valence-corrected chi connectivity index (χ3v) is 6.42. The van der Waals surface area contributed by atoms with E-state index in [0.717, 1.165) is 29.2 Å². The molecule has 2 aliphatic rings. The quantitative estimate of drug-likeness (QED) is 0.648. The fourth-order valence-corrected chi connectivity index (χ4v) is 4.84. The molecule has 0 aromatic carbocycles. The molecule has 0 unspecified atom stereocenters. The first-order chi connectivity index (χ1) is 11.7. The van der Waals surface area contributed by atoms with Crippen LogP contribution in [0.25, 0.3) is 0 Å². The molecule has 1 saturated heterocycles. The van der Waals surface area contributed by atoms with E-state index >= 15 is 0 Å². The van der Waals surface area contributed by atoms with Gasteiger partial charge in [-0.25, -0.2) is 4.98 Å². The van der Waals surface area contributed by atoms with Crippen molar-refractivity contribution in [1.82, 2.24) is 20.5 Å². The average Bonchev–Trinajstić information content (AvgIpc) is 3.22. The molecule has 1 aromatic rings. The number of rotatable bonds is 4. The molecule has 2 fully saturated rings. The van der Waals surface area contributed by atoms with Gasteiger partial charge in [0.25, 0.3) is 0 Å². The molecular formula is C18H31N5S. The first kappa shape index (κ1) is 17.7. The number of aryl methyl sites for hydroxylation is 2. The summed E-state index contributed by atoms with van der Waals surface area (Å²) < 4.78 is 0. The molecule has 0 radical (unpaired) electrons. The Kier molecular flexibility index (Phi) is 6.11. The van der Waals surface area contributed by atoms with Crippen LogP contribution in [0.2, 0.25) is 0 Å². The molecule has 2 N–H and O–H groups in total. The molecule has 3 rings (SSSR count). The molecule has 1 aliphatic carbocycles. The largest absolute Gasteiger partial charge is 0.354 e. The summed E-state index contributed by atoms with van der Waals surface area (Å²) in [7, 11) is 1.85. The summed E-state index contributed by atoms with van der Waals surface area (Å²) in [5, 5.41) is 8.19. The zero-order valence-corrected chi connectivity index (χ0v) is 16.1. The molecule has 0 bridgehead atoms. The zero-order valence-electron chi connectivity index (χ0n) is 15.3. The van der Waals surface area contributed by atoms with Gasteiger partial charge in [0, 0.05) is 37.1 Å². The van der Waals surface area contributed by atoms with Crippen LogP contribution in [0.4, 0.5) is 0 Å². The monoisotopic (exact) mass is 349 g/mol. The van der Waals surface area contributed by atoms with Crippen LogP contribution < -0.4 is 10.6 Å². The summed E-state index contributed by atoms with van der Waals surface area (Å²) in [6.45, 7) is 7.40. The summed E-state index contributed by atoms with van der Waals surface area (Å²) in [5.74, 6) is 0.916. The van der Waals surface area contributed by atoms with Gasteiger partial charge in [-0.15, -0.1) is 11.3 Å². The molecule has 1 aromatic heterocycles. The second-order valence-corrected chi connectivity index (χ2v) is 8.35. The van der Waals surface area contributed by atoms with Gasteiger partial charge < -0.3 is 15.5 Å². The van der Waals surface area contributed by atoms with Crippen molar-refractivity contribution in [3.8, 4) is 0 Å². The fourth-order valence-electron chi connectivity index (χ4n) is 3.97. The van der Waals surface area contributed by atoms with Crippen molar-refractivity contribution in [2.24, 2.45) is 4.99 Å². The van der Waals surface area contributed by atoms with Crippen molar-refractivity contribution in [3.05, 3.63) is 15.6 Å². The van der Waals surface area contributed by atoms with E-state index in [1.54, 1.807) is 11.3 Å². The van der Waals surface area contributed by atoms with Crippen LogP contribution in [-0.4, -0.2) is 48.1 Å². The van der Waals surface area contributed by atoms with Crippen molar-refractivity contribution in [3.63, 3.8) is 0 Å². The predicted octanol–water partition coefficient (Wildman–Crippen LogP) is 2.83. The van der Waals surface area contributed by atoms with Crippen LogP contribution in [0, 0.1) is 13.8 Å². The van der Waals surface area contributed by atoms with Gasteiger partial charge in [-0.3, -0.25) is 4.99 Å². The van der Waals surface area contributed by atoms with E-state index in [0.29, 0.717) is 6.04 Å². The smallest absolute Gasteiger partial charge is 0.191 e. The highest BCUT2D eigenvalue weighted by molar-refractivity contribution is 7.11. The Labute approximate surface area is 150 Å². The maximum Gasteiger partial charge on any atom is 0.191 e. The van der Waals surface area contributed by atoms with Crippen LogP contribution in [0.5, 0.6) is 0 Å². The second-order valence-electron chi connectivity index (χ2n) is 7.06. The molecule has 6 heteroatoms. The molecule has 0 spiro atoms. The van der Waals surface area contributed by atoms with Crippen molar-refractivity contribution in [2.75, 3.05) is 20.1 Å². The lowest BCUT2D eigenvalue weighted by Crippen LogP contribution is -2.50. The number of thiazole rings is 1. The summed E-state index contributed by atoms with van der Waals surface area (Å²) in [6.07, 6.45) is 8.11. The van der Waals surface area contributed by atoms with Gasteiger partial charge in [-0.05, 0) is 39.5 Å². The van der Waals surface area contributed by atoms with Crippen molar-refractivity contribution in [2.45, 2.75) is 71.0 Å². The van der Waals surface area contributed by atoms with Crippen LogP contribution in [-0.2, 0) is 6.54 Å². The van der Waals surface area contributed by atoms with Gasteiger partial charge >= 0.3 is 0 Å². The predicted molar refractivity (Wildman–Crippen MR) is 102 cm³/mol. The third kappa shape index (κ3) is 4.48. The minimum absolute atomic E-state index is 0.540. The van der Waals surface area contributed by atoms with Crippen LogP contribution >= 0.6 is 11.3 Å². The number of hydrogen-bond donors (Lipinski definition) is 2. The Bertz CT molecular complexity index is 554. The van der Waals surface area contributed by atoms with Crippen molar-refractivity contribution in [1.29, 1.82) is 0 Å². The SMILES string of the molecule is CN=C(NCc1sc(C)nc1C)NC1CCN(C2CCCC2)CC1. The number of hydrogen-bond acceptors (Lipinski definition) is 4. The number of nitrogens with one attached hydrogen (secondary N) is 2. The molecule has 134 valence electrons. The van der Waals surface area contributed by atoms with Gasteiger partial charge in [0.05, 0.1) is 17.2 Å². The maximum absolute atomic E-state index is 4.49. The second kappa shape index (κ2) is 8.30. The number of aromatic nitrogens is 1. The molecule has 5 nitrogen and oxygen atoms in total. The van der Waals surface area contributed by atoms with Crippen molar-refractivity contribution < 1.29 is 0 Å². The van der Waals surface area contributed by atoms with E-state index in [9.17, 15) is 0 Å². The van der Waals surface area contributed by atoms with E-state index in [2.05, 4.69) is 39.4 Å². The minimum atomic E-state index is 0.540. The number of guanidine groups is 1. The van der Waals surface area contributed by atoms with Crippen LogP contribution in [0.15, 0.2) is 4.99 Å². The number of aliphatic imine (C=N–C) groups is 1. The third-order valence-electron chi connectivity index (χ3n) is 5.35. The highest BCUT2D eigenvalue weighted by atomic mass is 32.1. The summed E-state index contributed by atoms with van der Waals surface area (Å²) in [4.78, 5) is 12.9. The lowest BCUT2D eigenvalue weighted by Gasteiger charge is -2.36. The van der Waals surface area contributed by atoms with Gasteiger partial charge in [0.2, 0.25) is 0 Å². The molecule has 0 atom stereocenters. The molecule has 0 amide bonds. The Morgan fingerprint density at radius 2 is 1.92 bits per heavy atom. The Morgan fingerprint density at radius 3 is 2.50 bits per heavy atom. The zero-order chi connectivity index (χ0) is 16.9. The fraction of sp³-hybridized carbons (Fsp3) is 0.778. The Balaban J connectivity index is 1.43. The Morgan fingerprint density at radius 1 is 1.21 bits per heavy atom. The molecule has 1 saturated carbocycles. The standard InChI is InChI=1S/C18H31N5S/c1-13-17(24-14(2)21-13)12-20-18(19-3)22-15-8-10-23(11-9-15)16-6-4-5-7-16/h15-16H,4-12H2,1-3H3,(H2,19,20,22). The number of piperidine rings is 1. The molecular weight excluding hydrogens is 318 g/mol. The van der Waals surface area contributed by atoms with Gasteiger partial charge in [0.1, 0.15) is 0 Å². The highest BCUT2D eigenvalue weighted by Crippen LogP contribution is 2.26. The summed E-state index contributed by atoms with van der Waals surface area (Å²) in [6, 6.07) is 1.40. The first-order valence-corrected chi connectivity index (χ1v) is 10.1. The number of likely N-dealkylation sites (tertiary alicyclic amines) is 1. The maximum atomic E-state index is 4.49. The summed E-state index contributed by atoms with van der Waals surface area (Å²) in [5.41, 5.74) is 1.13. The molecule has 1 aliphatic heterocycles.